The van der Waals surface area contributed by atoms with Crippen molar-refractivity contribution in [3.05, 3.63) is 41.2 Å². The lowest BCUT2D eigenvalue weighted by Gasteiger charge is -2.16. The lowest BCUT2D eigenvalue weighted by atomic mass is 9.99. The van der Waals surface area contributed by atoms with E-state index in [9.17, 15) is 15.0 Å². The number of hydrogen-bond donors (Lipinski definition) is 3. The number of aromatic nitrogens is 2. The van der Waals surface area contributed by atoms with E-state index in [2.05, 4.69) is 10.4 Å². The summed E-state index contributed by atoms with van der Waals surface area (Å²) in [6, 6.07) is 6.87. The van der Waals surface area contributed by atoms with Crippen LogP contribution in [0.3, 0.4) is 0 Å². The van der Waals surface area contributed by atoms with E-state index < -0.39 is 0 Å². The van der Waals surface area contributed by atoms with Crippen molar-refractivity contribution in [3.63, 3.8) is 0 Å². The zero-order chi connectivity index (χ0) is 18.4. The molecule has 0 aliphatic heterocycles. The molecule has 0 saturated carbocycles. The molecular formula is C18H25N3O4. The van der Waals surface area contributed by atoms with Gasteiger partial charge in [-0.15, -0.1) is 0 Å². The van der Waals surface area contributed by atoms with Gasteiger partial charge in [0.2, 0.25) is 0 Å². The van der Waals surface area contributed by atoms with Crippen LogP contribution in [0.15, 0.2) is 24.3 Å². The first-order chi connectivity index (χ1) is 12.0. The molecule has 1 atom stereocenters. The number of benzene rings is 1. The van der Waals surface area contributed by atoms with Crippen LogP contribution in [0.5, 0.6) is 11.5 Å². The Morgan fingerprint density at radius 3 is 2.76 bits per heavy atom. The predicted octanol–water partition coefficient (Wildman–Crippen LogP) is 1.51. The number of aryl methyl sites for hydroxylation is 2. The van der Waals surface area contributed by atoms with Crippen molar-refractivity contribution in [2.75, 3.05) is 20.3 Å². The summed E-state index contributed by atoms with van der Waals surface area (Å²) in [4.78, 5) is 12.3. The van der Waals surface area contributed by atoms with Gasteiger partial charge >= 0.3 is 0 Å². The van der Waals surface area contributed by atoms with E-state index in [0.29, 0.717) is 31.0 Å². The Kier molecular flexibility index (Phi) is 6.41. The number of amides is 1. The molecule has 2 aromatic rings. The number of phenols is 1. The topological polar surface area (TPSA) is 96.6 Å². The van der Waals surface area contributed by atoms with Gasteiger partial charge < -0.3 is 20.3 Å². The highest BCUT2D eigenvalue weighted by Gasteiger charge is 2.16. The van der Waals surface area contributed by atoms with Gasteiger partial charge in [0.1, 0.15) is 5.69 Å². The maximum Gasteiger partial charge on any atom is 0.269 e. The van der Waals surface area contributed by atoms with E-state index in [1.54, 1.807) is 22.9 Å². The smallest absolute Gasteiger partial charge is 0.269 e. The highest BCUT2D eigenvalue weighted by molar-refractivity contribution is 5.92. The summed E-state index contributed by atoms with van der Waals surface area (Å²) in [6.45, 7) is 4.64. The van der Waals surface area contributed by atoms with Crippen LogP contribution in [0.4, 0.5) is 0 Å². The quantitative estimate of drug-likeness (QED) is 0.672. The fourth-order valence-corrected chi connectivity index (χ4v) is 2.69. The summed E-state index contributed by atoms with van der Waals surface area (Å²) >= 11 is 0. The van der Waals surface area contributed by atoms with Gasteiger partial charge in [0.15, 0.2) is 11.5 Å². The molecule has 0 unspecified atom stereocenters. The summed E-state index contributed by atoms with van der Waals surface area (Å²) in [5, 5.41) is 26.5. The third-order valence-corrected chi connectivity index (χ3v) is 4.01. The zero-order valence-corrected chi connectivity index (χ0v) is 14.8. The number of ether oxygens (including phenoxy) is 1. The summed E-state index contributed by atoms with van der Waals surface area (Å²) < 4.78 is 6.67. The van der Waals surface area contributed by atoms with E-state index in [1.165, 1.54) is 7.11 Å². The van der Waals surface area contributed by atoms with E-state index >= 15 is 0 Å². The van der Waals surface area contributed by atoms with Gasteiger partial charge in [0.25, 0.3) is 5.91 Å². The molecule has 0 bridgehead atoms. The van der Waals surface area contributed by atoms with Crippen LogP contribution in [0.25, 0.3) is 0 Å². The molecule has 7 nitrogen and oxygen atoms in total. The number of aromatic hydroxyl groups is 1. The van der Waals surface area contributed by atoms with Gasteiger partial charge in [0, 0.05) is 25.6 Å². The average molecular weight is 347 g/mol. The number of carbonyl (C=O) groups excluding carboxylic acids is 1. The second kappa shape index (κ2) is 8.53. The lowest BCUT2D eigenvalue weighted by Crippen LogP contribution is -2.33. The number of rotatable bonds is 8. The van der Waals surface area contributed by atoms with Crippen LogP contribution >= 0.6 is 0 Å². The van der Waals surface area contributed by atoms with Crippen molar-refractivity contribution in [3.8, 4) is 11.5 Å². The SMILES string of the molecule is CCn1nc(C)cc1C(=O)NC[C@@H](CO)Cc1ccc(OC)c(O)c1. The zero-order valence-electron chi connectivity index (χ0n) is 14.8. The number of aliphatic hydroxyl groups is 1. The van der Waals surface area contributed by atoms with Gasteiger partial charge in [0.05, 0.1) is 12.8 Å². The Hall–Kier alpha value is -2.54. The van der Waals surface area contributed by atoms with Crippen LogP contribution in [-0.2, 0) is 13.0 Å². The monoisotopic (exact) mass is 347 g/mol. The van der Waals surface area contributed by atoms with Crippen molar-refractivity contribution in [2.24, 2.45) is 5.92 Å². The Bertz CT molecular complexity index is 727. The third-order valence-electron chi connectivity index (χ3n) is 4.01. The number of carbonyl (C=O) groups is 1. The van der Waals surface area contributed by atoms with Crippen LogP contribution in [0.2, 0.25) is 0 Å². The van der Waals surface area contributed by atoms with Crippen LogP contribution in [-0.4, -0.2) is 46.2 Å². The number of hydrogen-bond acceptors (Lipinski definition) is 5. The van der Waals surface area contributed by atoms with E-state index in [-0.39, 0.29) is 24.2 Å². The summed E-state index contributed by atoms with van der Waals surface area (Å²) in [5.41, 5.74) is 2.17. The fraction of sp³-hybridized carbons (Fsp3) is 0.444. The maximum atomic E-state index is 12.3. The molecule has 1 aromatic carbocycles. The fourth-order valence-electron chi connectivity index (χ4n) is 2.69. The second-order valence-corrected chi connectivity index (χ2v) is 5.96. The number of nitrogens with one attached hydrogen (secondary N) is 1. The first-order valence-electron chi connectivity index (χ1n) is 8.27. The molecule has 7 heteroatoms. The number of phenolic OH excluding ortho intramolecular Hbond substituents is 1. The van der Waals surface area contributed by atoms with E-state index in [4.69, 9.17) is 4.74 Å². The molecule has 0 spiro atoms. The molecule has 136 valence electrons. The summed E-state index contributed by atoms with van der Waals surface area (Å²) in [7, 11) is 1.49. The minimum Gasteiger partial charge on any atom is -0.504 e. The van der Waals surface area contributed by atoms with Gasteiger partial charge in [-0.1, -0.05) is 6.07 Å². The molecule has 0 fully saturated rings. The Balaban J connectivity index is 1.97. The minimum absolute atomic E-state index is 0.0584. The van der Waals surface area contributed by atoms with Gasteiger partial charge in [-0.05, 0) is 44.0 Å². The highest BCUT2D eigenvalue weighted by Crippen LogP contribution is 2.27. The van der Waals surface area contributed by atoms with Crippen molar-refractivity contribution >= 4 is 5.91 Å². The van der Waals surface area contributed by atoms with Gasteiger partial charge in [-0.2, -0.15) is 5.10 Å². The van der Waals surface area contributed by atoms with Crippen molar-refractivity contribution in [1.82, 2.24) is 15.1 Å². The van der Waals surface area contributed by atoms with E-state index in [1.807, 2.05) is 19.9 Å². The molecular weight excluding hydrogens is 322 g/mol. The molecule has 0 aliphatic rings. The number of nitrogens with zero attached hydrogens (tertiary/aromatic N) is 2. The van der Waals surface area contributed by atoms with Crippen molar-refractivity contribution in [1.29, 1.82) is 0 Å². The van der Waals surface area contributed by atoms with Crippen LogP contribution in [0, 0.1) is 12.8 Å². The molecule has 3 N–H and O–H groups in total. The Morgan fingerprint density at radius 2 is 2.16 bits per heavy atom. The van der Waals surface area contributed by atoms with Crippen molar-refractivity contribution < 1.29 is 19.7 Å². The largest absolute Gasteiger partial charge is 0.504 e. The van der Waals surface area contributed by atoms with Crippen LogP contribution in [0.1, 0.15) is 28.7 Å². The maximum absolute atomic E-state index is 12.3. The van der Waals surface area contributed by atoms with Crippen LogP contribution < -0.4 is 10.1 Å². The summed E-state index contributed by atoms with van der Waals surface area (Å²) in [6.07, 6.45) is 0.528. The third kappa shape index (κ3) is 4.73. The second-order valence-electron chi connectivity index (χ2n) is 5.96. The molecule has 1 amide bonds. The van der Waals surface area contributed by atoms with Gasteiger partial charge in [-0.3, -0.25) is 9.48 Å². The first kappa shape index (κ1) is 18.8. The Morgan fingerprint density at radius 1 is 1.40 bits per heavy atom. The minimum atomic E-state index is -0.210. The first-order valence-corrected chi connectivity index (χ1v) is 8.27. The Labute approximate surface area is 147 Å². The summed E-state index contributed by atoms with van der Waals surface area (Å²) in [5.74, 6) is 0.0955. The van der Waals surface area contributed by atoms with Gasteiger partial charge in [-0.25, -0.2) is 0 Å². The number of aliphatic hydroxyl groups excluding tert-OH is 1. The standard InChI is InChI=1S/C18H25N3O4/c1-4-21-15(7-12(2)20-21)18(24)19-10-14(11-22)8-13-5-6-17(25-3)16(23)9-13/h5-7,9,14,22-23H,4,8,10-11H2,1-3H3,(H,19,24)/t14-/m0/s1. The molecule has 0 saturated heterocycles. The highest BCUT2D eigenvalue weighted by atomic mass is 16.5. The lowest BCUT2D eigenvalue weighted by molar-refractivity contribution is 0.0929. The number of methoxy groups -OCH3 is 1. The molecule has 0 aliphatic carbocycles. The molecule has 2 rings (SSSR count). The van der Waals surface area contributed by atoms with E-state index in [0.717, 1.165) is 11.3 Å². The average Bonchev–Trinajstić information content (AvgIpc) is 2.99. The normalized spacial score (nSPS) is 12.0. The molecule has 1 heterocycles. The molecule has 0 radical (unpaired) electrons. The van der Waals surface area contributed by atoms with Crippen molar-refractivity contribution in [2.45, 2.75) is 26.8 Å². The molecule has 25 heavy (non-hydrogen) atoms. The predicted molar refractivity (Wildman–Crippen MR) is 93.9 cm³/mol. The molecule has 1 aromatic heterocycles.